The summed E-state index contributed by atoms with van der Waals surface area (Å²) in [5.74, 6) is 7.87. The average Bonchev–Trinajstić information content (AvgIpc) is 3.61. The van der Waals surface area contributed by atoms with Crippen molar-refractivity contribution in [2.75, 3.05) is 5.84 Å². The first-order chi connectivity index (χ1) is 14.2. The molecule has 3 aromatic carbocycles. The summed E-state index contributed by atoms with van der Waals surface area (Å²) in [6, 6.07) is 23.7. The Labute approximate surface area is 168 Å². The molecule has 1 fully saturated rings. The predicted molar refractivity (Wildman–Crippen MR) is 114 cm³/mol. The van der Waals surface area contributed by atoms with E-state index in [9.17, 15) is 4.79 Å². The number of hydrogen-bond donors (Lipinski definition) is 1. The number of para-hydroxylation sites is 1. The fraction of sp³-hybridized carbons (Fsp3) is 0.167. The van der Waals surface area contributed by atoms with Crippen LogP contribution in [0.1, 0.15) is 30.1 Å². The highest BCUT2D eigenvalue weighted by atomic mass is 16.5. The standard InChI is InChI=1S/C24H21N3O2/c25-27-23(18-10-11-18)26-22-13-12-19(14-21(22)24(27)28)17-8-6-16(7-9-17)15-29-20-4-2-1-3-5-20/h1-9,12-14,18H,10-11,15,25H2. The minimum Gasteiger partial charge on any atom is -0.489 e. The quantitative estimate of drug-likeness (QED) is 0.524. The van der Waals surface area contributed by atoms with E-state index >= 15 is 0 Å². The van der Waals surface area contributed by atoms with E-state index in [1.807, 2.05) is 72.8 Å². The van der Waals surface area contributed by atoms with Gasteiger partial charge in [-0.1, -0.05) is 48.5 Å². The Bertz CT molecular complexity index is 1230. The van der Waals surface area contributed by atoms with Gasteiger partial charge in [0.2, 0.25) is 0 Å². The molecule has 5 nitrogen and oxygen atoms in total. The highest BCUT2D eigenvalue weighted by Crippen LogP contribution is 2.38. The van der Waals surface area contributed by atoms with Crippen LogP contribution in [-0.2, 0) is 6.61 Å². The van der Waals surface area contributed by atoms with Gasteiger partial charge in [0.25, 0.3) is 5.56 Å². The molecular weight excluding hydrogens is 362 g/mol. The number of nitrogens with zero attached hydrogens (tertiary/aromatic N) is 2. The molecule has 0 atom stereocenters. The number of nitrogens with two attached hydrogens (primary N) is 1. The molecule has 5 heteroatoms. The lowest BCUT2D eigenvalue weighted by Gasteiger charge is -2.10. The number of hydrogen-bond acceptors (Lipinski definition) is 4. The van der Waals surface area contributed by atoms with Crippen LogP contribution >= 0.6 is 0 Å². The normalized spacial score (nSPS) is 13.5. The maximum atomic E-state index is 12.7. The Hall–Kier alpha value is -3.60. The summed E-state index contributed by atoms with van der Waals surface area (Å²) < 4.78 is 7.01. The zero-order valence-corrected chi connectivity index (χ0v) is 15.9. The van der Waals surface area contributed by atoms with Gasteiger partial charge in [-0.15, -0.1) is 0 Å². The Morgan fingerprint density at radius 1 is 0.966 bits per heavy atom. The summed E-state index contributed by atoms with van der Waals surface area (Å²) in [5, 5.41) is 0.547. The van der Waals surface area contributed by atoms with Crippen LogP contribution in [0.15, 0.2) is 77.6 Å². The Morgan fingerprint density at radius 2 is 1.69 bits per heavy atom. The largest absolute Gasteiger partial charge is 0.489 e. The van der Waals surface area contributed by atoms with Crippen LogP contribution in [0.4, 0.5) is 0 Å². The van der Waals surface area contributed by atoms with Crippen LogP contribution in [0.25, 0.3) is 22.0 Å². The zero-order chi connectivity index (χ0) is 19.8. The molecule has 1 aliphatic carbocycles. The van der Waals surface area contributed by atoms with Crippen molar-refractivity contribution in [2.45, 2.75) is 25.4 Å². The van der Waals surface area contributed by atoms with Crippen LogP contribution in [0.5, 0.6) is 5.75 Å². The van der Waals surface area contributed by atoms with Gasteiger partial charge < -0.3 is 10.6 Å². The second kappa shape index (κ2) is 7.09. The highest BCUT2D eigenvalue weighted by Gasteiger charge is 2.28. The molecule has 144 valence electrons. The van der Waals surface area contributed by atoms with Crippen LogP contribution in [-0.4, -0.2) is 9.66 Å². The van der Waals surface area contributed by atoms with Crippen LogP contribution in [0, 0.1) is 0 Å². The first kappa shape index (κ1) is 17.5. The Kier molecular flexibility index (Phi) is 4.28. The van der Waals surface area contributed by atoms with Gasteiger partial charge in [0.1, 0.15) is 18.2 Å². The molecule has 1 aliphatic rings. The van der Waals surface area contributed by atoms with E-state index in [1.165, 1.54) is 4.68 Å². The van der Waals surface area contributed by atoms with Gasteiger partial charge in [0, 0.05) is 5.92 Å². The molecule has 1 saturated carbocycles. The third-order valence-electron chi connectivity index (χ3n) is 5.31. The first-order valence-corrected chi connectivity index (χ1v) is 9.78. The van der Waals surface area contributed by atoms with E-state index in [2.05, 4.69) is 4.98 Å². The first-order valence-electron chi connectivity index (χ1n) is 9.78. The van der Waals surface area contributed by atoms with E-state index in [1.54, 1.807) is 0 Å². The van der Waals surface area contributed by atoms with Crippen molar-refractivity contribution in [1.29, 1.82) is 0 Å². The molecule has 0 unspecified atom stereocenters. The van der Waals surface area contributed by atoms with E-state index < -0.39 is 0 Å². The van der Waals surface area contributed by atoms with Crippen molar-refractivity contribution in [3.63, 3.8) is 0 Å². The third-order valence-corrected chi connectivity index (χ3v) is 5.31. The number of benzene rings is 3. The molecule has 0 bridgehead atoms. The molecule has 5 rings (SSSR count). The number of nitrogen functional groups attached to an aromatic ring is 1. The molecular formula is C24H21N3O2. The summed E-state index contributed by atoms with van der Waals surface area (Å²) in [7, 11) is 0. The molecule has 0 aliphatic heterocycles. The summed E-state index contributed by atoms with van der Waals surface area (Å²) >= 11 is 0. The second-order valence-corrected chi connectivity index (χ2v) is 7.45. The van der Waals surface area contributed by atoms with Crippen LogP contribution in [0.2, 0.25) is 0 Å². The van der Waals surface area contributed by atoms with Gasteiger partial charge in [-0.05, 0) is 53.8 Å². The fourth-order valence-corrected chi connectivity index (χ4v) is 3.50. The van der Waals surface area contributed by atoms with E-state index in [0.717, 1.165) is 35.3 Å². The predicted octanol–water partition coefficient (Wildman–Crippen LogP) is 4.23. The van der Waals surface area contributed by atoms with Crippen LogP contribution in [0.3, 0.4) is 0 Å². The van der Waals surface area contributed by atoms with Gasteiger partial charge in [0.05, 0.1) is 10.9 Å². The van der Waals surface area contributed by atoms with Gasteiger partial charge >= 0.3 is 0 Å². The number of rotatable bonds is 5. The second-order valence-electron chi connectivity index (χ2n) is 7.45. The van der Waals surface area contributed by atoms with Crippen molar-refractivity contribution in [3.8, 4) is 16.9 Å². The van der Waals surface area contributed by atoms with Crippen molar-refractivity contribution < 1.29 is 4.74 Å². The fourth-order valence-electron chi connectivity index (χ4n) is 3.50. The lowest BCUT2D eigenvalue weighted by atomic mass is 10.0. The Balaban J connectivity index is 1.41. The molecule has 0 spiro atoms. The lowest BCUT2D eigenvalue weighted by molar-refractivity contribution is 0.306. The van der Waals surface area contributed by atoms with Crippen molar-refractivity contribution in [3.05, 3.63) is 94.5 Å². The van der Waals surface area contributed by atoms with Gasteiger partial charge in [-0.2, -0.15) is 0 Å². The number of aromatic nitrogens is 2. The van der Waals surface area contributed by atoms with Crippen molar-refractivity contribution >= 4 is 10.9 Å². The molecule has 0 amide bonds. The minimum atomic E-state index is -0.188. The van der Waals surface area contributed by atoms with E-state index in [0.29, 0.717) is 29.3 Å². The van der Waals surface area contributed by atoms with Gasteiger partial charge in [-0.3, -0.25) is 4.79 Å². The molecule has 1 heterocycles. The van der Waals surface area contributed by atoms with E-state index in [-0.39, 0.29) is 5.56 Å². The number of fused-ring (bicyclic) bond motifs is 1. The number of ether oxygens (including phenoxy) is 1. The highest BCUT2D eigenvalue weighted by molar-refractivity contribution is 5.84. The molecule has 0 saturated heterocycles. The average molecular weight is 383 g/mol. The third kappa shape index (κ3) is 3.47. The molecule has 4 aromatic rings. The van der Waals surface area contributed by atoms with Crippen molar-refractivity contribution in [2.24, 2.45) is 0 Å². The molecule has 1 aromatic heterocycles. The lowest BCUT2D eigenvalue weighted by Crippen LogP contribution is -2.31. The van der Waals surface area contributed by atoms with Crippen molar-refractivity contribution in [1.82, 2.24) is 9.66 Å². The Morgan fingerprint density at radius 3 is 2.41 bits per heavy atom. The van der Waals surface area contributed by atoms with Gasteiger partial charge in [-0.25, -0.2) is 9.66 Å². The van der Waals surface area contributed by atoms with Crippen LogP contribution < -0.4 is 16.1 Å². The topological polar surface area (TPSA) is 70.1 Å². The maximum absolute atomic E-state index is 12.7. The molecule has 2 N–H and O–H groups in total. The molecule has 29 heavy (non-hydrogen) atoms. The van der Waals surface area contributed by atoms with E-state index in [4.69, 9.17) is 10.6 Å². The minimum absolute atomic E-state index is 0.188. The zero-order valence-electron chi connectivity index (χ0n) is 15.9. The summed E-state index contributed by atoms with van der Waals surface area (Å²) in [5.41, 5.74) is 3.59. The summed E-state index contributed by atoms with van der Waals surface area (Å²) in [6.45, 7) is 0.508. The molecule has 0 radical (unpaired) electrons. The maximum Gasteiger partial charge on any atom is 0.279 e. The SMILES string of the molecule is Nn1c(C2CC2)nc2ccc(-c3ccc(COc4ccccc4)cc3)cc2c1=O. The summed E-state index contributed by atoms with van der Waals surface area (Å²) in [6.07, 6.45) is 2.10. The smallest absolute Gasteiger partial charge is 0.279 e. The summed E-state index contributed by atoms with van der Waals surface area (Å²) in [4.78, 5) is 17.3. The monoisotopic (exact) mass is 383 g/mol. The van der Waals surface area contributed by atoms with Gasteiger partial charge in [0.15, 0.2) is 0 Å².